The van der Waals surface area contributed by atoms with Gasteiger partial charge in [0.1, 0.15) is 0 Å². The van der Waals surface area contributed by atoms with Crippen LogP contribution in [0.3, 0.4) is 0 Å². The number of carbonyl (C=O) groups is 1. The molecule has 0 spiro atoms. The fraction of sp³-hybridized carbons (Fsp3) is 0.562. The zero-order valence-electron chi connectivity index (χ0n) is 14.3. The summed E-state index contributed by atoms with van der Waals surface area (Å²) >= 11 is 0. The van der Waals surface area contributed by atoms with Crippen molar-refractivity contribution in [1.29, 1.82) is 0 Å². The average Bonchev–Trinajstić information content (AvgIpc) is 2.61. The fourth-order valence-corrected chi connectivity index (χ4v) is 4.51. The normalized spacial score (nSPS) is 16.4. The fourth-order valence-electron chi connectivity index (χ4n) is 2.86. The summed E-state index contributed by atoms with van der Waals surface area (Å²) < 4.78 is 33.4. The maximum atomic E-state index is 12.9. The summed E-state index contributed by atoms with van der Waals surface area (Å²) in [5, 5.41) is 0. The van der Waals surface area contributed by atoms with E-state index in [0.717, 1.165) is 5.56 Å². The maximum absolute atomic E-state index is 12.9. The first-order chi connectivity index (χ1) is 11.5. The van der Waals surface area contributed by atoms with Crippen molar-refractivity contribution >= 4 is 28.6 Å². The van der Waals surface area contributed by atoms with Crippen molar-refractivity contribution in [3.63, 3.8) is 0 Å². The Kier molecular flexibility index (Phi) is 8.81. The number of carbonyl (C=O) groups excluding carboxylic acids is 1. The molecule has 0 radical (unpaired) electrons. The van der Waals surface area contributed by atoms with Gasteiger partial charge in [-0.2, -0.15) is 17.0 Å². The van der Waals surface area contributed by atoms with E-state index in [1.165, 1.54) is 15.7 Å². The van der Waals surface area contributed by atoms with Crippen molar-refractivity contribution in [2.45, 2.75) is 19.4 Å². The van der Waals surface area contributed by atoms with Crippen LogP contribution in [0, 0.1) is 5.92 Å². The Balaban J connectivity index is 0.00000312. The van der Waals surface area contributed by atoms with Gasteiger partial charge in [0.25, 0.3) is 10.2 Å². The monoisotopic (exact) mass is 391 g/mol. The predicted molar refractivity (Wildman–Crippen MR) is 98.4 cm³/mol. The van der Waals surface area contributed by atoms with E-state index in [0.29, 0.717) is 25.9 Å². The Labute approximate surface area is 155 Å². The number of methoxy groups -OCH3 is 1. The highest BCUT2D eigenvalue weighted by Gasteiger charge is 2.34. The predicted octanol–water partition coefficient (Wildman–Crippen LogP) is 0.999. The number of hydrogen-bond donors (Lipinski definition) is 1. The molecule has 1 aromatic rings. The molecule has 0 unspecified atom stereocenters. The van der Waals surface area contributed by atoms with E-state index >= 15 is 0 Å². The highest BCUT2D eigenvalue weighted by Crippen LogP contribution is 2.23. The maximum Gasteiger partial charge on any atom is 0.308 e. The lowest BCUT2D eigenvalue weighted by molar-refractivity contribution is -0.146. The lowest BCUT2D eigenvalue weighted by Crippen LogP contribution is -2.48. The van der Waals surface area contributed by atoms with Gasteiger partial charge >= 0.3 is 5.97 Å². The zero-order valence-corrected chi connectivity index (χ0v) is 16.0. The summed E-state index contributed by atoms with van der Waals surface area (Å²) in [6.45, 7) is 1.44. The Morgan fingerprint density at radius 3 is 2.40 bits per heavy atom. The number of halogens is 1. The number of piperidine rings is 1. The van der Waals surface area contributed by atoms with E-state index in [2.05, 4.69) is 0 Å². The standard InChI is InChI=1S/C16H25N3O4S.ClH/c1-23-16(20)15-7-10-18(11-8-15)24(21,22)19(12-9-17)13-14-5-3-2-4-6-14;/h2-6,15H,7-13,17H2,1H3;1H. The molecule has 1 aromatic carbocycles. The van der Waals surface area contributed by atoms with E-state index < -0.39 is 10.2 Å². The largest absolute Gasteiger partial charge is 0.469 e. The van der Waals surface area contributed by atoms with Crippen LogP contribution in [-0.4, -0.2) is 56.3 Å². The molecule has 7 nitrogen and oxygen atoms in total. The summed E-state index contributed by atoms with van der Waals surface area (Å²) in [4.78, 5) is 11.6. The summed E-state index contributed by atoms with van der Waals surface area (Å²) in [7, 11) is -2.25. The minimum atomic E-state index is -3.61. The Bertz CT molecular complexity index is 634. The second-order valence-corrected chi connectivity index (χ2v) is 7.74. The zero-order chi connectivity index (χ0) is 17.6. The molecule has 0 atom stereocenters. The molecule has 1 saturated heterocycles. The van der Waals surface area contributed by atoms with Gasteiger partial charge in [-0.1, -0.05) is 30.3 Å². The first kappa shape index (κ1) is 21.9. The van der Waals surface area contributed by atoms with Gasteiger partial charge in [-0.25, -0.2) is 0 Å². The van der Waals surface area contributed by atoms with Crippen molar-refractivity contribution in [3.8, 4) is 0 Å². The lowest BCUT2D eigenvalue weighted by atomic mass is 9.99. The summed E-state index contributed by atoms with van der Waals surface area (Å²) in [5.41, 5.74) is 6.52. The molecular weight excluding hydrogens is 366 g/mol. The van der Waals surface area contributed by atoms with Gasteiger partial charge in [-0.05, 0) is 18.4 Å². The third-order valence-corrected chi connectivity index (χ3v) is 6.20. The van der Waals surface area contributed by atoms with Gasteiger partial charge in [0.15, 0.2) is 0 Å². The SMILES string of the molecule is COC(=O)C1CCN(S(=O)(=O)N(CCN)Cc2ccccc2)CC1.Cl. The molecule has 2 rings (SSSR count). The van der Waals surface area contributed by atoms with Crippen molar-refractivity contribution < 1.29 is 17.9 Å². The highest BCUT2D eigenvalue weighted by atomic mass is 35.5. The van der Waals surface area contributed by atoms with E-state index in [1.54, 1.807) is 0 Å². The summed E-state index contributed by atoms with van der Waals surface area (Å²) in [6.07, 6.45) is 0.960. The van der Waals surface area contributed by atoms with Gasteiger partial charge < -0.3 is 10.5 Å². The first-order valence-corrected chi connectivity index (χ1v) is 9.45. The second kappa shape index (κ2) is 10.1. The summed E-state index contributed by atoms with van der Waals surface area (Å²) in [6, 6.07) is 9.43. The molecular formula is C16H26ClN3O4S. The molecule has 1 aliphatic rings. The van der Waals surface area contributed by atoms with Crippen LogP contribution >= 0.6 is 12.4 Å². The van der Waals surface area contributed by atoms with Crippen LogP contribution in [0.4, 0.5) is 0 Å². The van der Waals surface area contributed by atoms with Gasteiger partial charge in [-0.3, -0.25) is 4.79 Å². The van der Waals surface area contributed by atoms with Crippen molar-refractivity contribution in [1.82, 2.24) is 8.61 Å². The van der Waals surface area contributed by atoms with E-state index in [4.69, 9.17) is 10.5 Å². The van der Waals surface area contributed by atoms with Gasteiger partial charge in [0.05, 0.1) is 13.0 Å². The number of hydrogen-bond acceptors (Lipinski definition) is 5. The molecule has 0 bridgehead atoms. The van der Waals surface area contributed by atoms with Gasteiger partial charge in [-0.15, -0.1) is 12.4 Å². The van der Waals surface area contributed by atoms with Gasteiger partial charge in [0.2, 0.25) is 0 Å². The van der Waals surface area contributed by atoms with Crippen LogP contribution in [0.5, 0.6) is 0 Å². The molecule has 0 aliphatic carbocycles. The van der Waals surface area contributed by atoms with Crippen LogP contribution in [-0.2, 0) is 26.3 Å². The summed E-state index contributed by atoms with van der Waals surface area (Å²) in [5.74, 6) is -0.492. The molecule has 0 amide bonds. The third kappa shape index (κ3) is 5.65. The molecule has 1 heterocycles. The molecule has 25 heavy (non-hydrogen) atoms. The number of nitrogens with zero attached hydrogens (tertiary/aromatic N) is 2. The van der Waals surface area contributed by atoms with E-state index in [9.17, 15) is 13.2 Å². The van der Waals surface area contributed by atoms with Crippen molar-refractivity contribution in [2.24, 2.45) is 11.7 Å². The first-order valence-electron chi connectivity index (χ1n) is 8.06. The van der Waals surface area contributed by atoms with Crippen molar-refractivity contribution in [3.05, 3.63) is 35.9 Å². The highest BCUT2D eigenvalue weighted by molar-refractivity contribution is 7.86. The average molecular weight is 392 g/mol. The van der Waals surface area contributed by atoms with E-state index in [1.807, 2.05) is 30.3 Å². The molecule has 1 fully saturated rings. The van der Waals surface area contributed by atoms with E-state index in [-0.39, 0.29) is 43.9 Å². The van der Waals surface area contributed by atoms with Crippen molar-refractivity contribution in [2.75, 3.05) is 33.3 Å². The third-order valence-electron chi connectivity index (χ3n) is 4.22. The van der Waals surface area contributed by atoms with Crippen LogP contribution in [0.15, 0.2) is 30.3 Å². The molecule has 142 valence electrons. The van der Waals surface area contributed by atoms with Crippen LogP contribution in [0.25, 0.3) is 0 Å². The number of benzene rings is 1. The molecule has 9 heteroatoms. The number of ether oxygens (including phenoxy) is 1. The Morgan fingerprint density at radius 1 is 1.28 bits per heavy atom. The minimum Gasteiger partial charge on any atom is -0.469 e. The smallest absolute Gasteiger partial charge is 0.308 e. The van der Waals surface area contributed by atoms with Crippen LogP contribution in [0.1, 0.15) is 18.4 Å². The molecule has 1 aliphatic heterocycles. The second-order valence-electron chi connectivity index (χ2n) is 5.81. The van der Waals surface area contributed by atoms with Gasteiger partial charge in [0, 0.05) is 32.7 Å². The quantitative estimate of drug-likeness (QED) is 0.700. The molecule has 0 aromatic heterocycles. The molecule has 2 N–H and O–H groups in total. The van der Waals surface area contributed by atoms with Crippen LogP contribution < -0.4 is 5.73 Å². The Hall–Kier alpha value is -1.19. The topological polar surface area (TPSA) is 92.9 Å². The molecule has 0 saturated carbocycles. The van der Waals surface area contributed by atoms with Crippen LogP contribution in [0.2, 0.25) is 0 Å². The Morgan fingerprint density at radius 2 is 1.88 bits per heavy atom. The lowest BCUT2D eigenvalue weighted by Gasteiger charge is -2.34. The number of nitrogens with two attached hydrogens (primary N) is 1. The number of esters is 1. The number of rotatable bonds is 7. The minimum absolute atomic E-state index is 0.